The first-order valence-electron chi connectivity index (χ1n) is 11.8. The summed E-state index contributed by atoms with van der Waals surface area (Å²) >= 11 is 3.43. The van der Waals surface area contributed by atoms with Crippen molar-refractivity contribution in [1.82, 2.24) is 10.2 Å². The molecular weight excluding hydrogens is 530 g/mol. The molecule has 0 spiro atoms. The molecule has 192 valence electrons. The van der Waals surface area contributed by atoms with Gasteiger partial charge in [0.15, 0.2) is 0 Å². The average molecular weight is 567 g/mol. The maximum atomic E-state index is 13.7. The van der Waals surface area contributed by atoms with Crippen LogP contribution in [0.1, 0.15) is 49.8 Å². The molecule has 2 amide bonds. The first-order chi connectivity index (χ1) is 16.5. The Bertz CT molecular complexity index is 1140. The molecule has 0 aliphatic carbocycles. The van der Waals surface area contributed by atoms with Gasteiger partial charge in [0, 0.05) is 17.6 Å². The fourth-order valence-corrected chi connectivity index (χ4v) is 4.92. The van der Waals surface area contributed by atoms with Crippen LogP contribution in [-0.2, 0) is 26.2 Å². The molecule has 0 radical (unpaired) electrons. The fraction of sp³-hybridized carbons (Fsp3) is 0.462. The molecule has 0 saturated heterocycles. The van der Waals surface area contributed by atoms with Crippen LogP contribution >= 0.6 is 15.9 Å². The van der Waals surface area contributed by atoms with Crippen LogP contribution in [0.25, 0.3) is 0 Å². The summed E-state index contributed by atoms with van der Waals surface area (Å²) in [4.78, 5) is 28.2. The van der Waals surface area contributed by atoms with E-state index in [1.165, 1.54) is 4.90 Å². The molecule has 1 N–H and O–H groups in total. The van der Waals surface area contributed by atoms with Gasteiger partial charge in [0.1, 0.15) is 12.6 Å². The molecule has 0 saturated carbocycles. The van der Waals surface area contributed by atoms with Gasteiger partial charge in [-0.05, 0) is 56.0 Å². The van der Waals surface area contributed by atoms with E-state index in [0.29, 0.717) is 18.7 Å². The summed E-state index contributed by atoms with van der Waals surface area (Å²) in [5, 5.41) is 2.93. The lowest BCUT2D eigenvalue weighted by atomic mass is 10.1. The van der Waals surface area contributed by atoms with E-state index >= 15 is 0 Å². The van der Waals surface area contributed by atoms with Gasteiger partial charge in [-0.25, -0.2) is 8.42 Å². The second kappa shape index (κ2) is 13.1. The monoisotopic (exact) mass is 565 g/mol. The summed E-state index contributed by atoms with van der Waals surface area (Å²) in [6.45, 7) is 8.06. The number of unbranched alkanes of at least 4 members (excludes halogenated alkanes) is 1. The SMILES string of the molecule is CCCCNC(=O)C(CC)N(Cc1cccc(C)c1)C(=O)CN(c1ccc(Br)c(C)c1)S(C)(=O)=O. The molecule has 2 aromatic rings. The Morgan fingerprint density at radius 1 is 1.09 bits per heavy atom. The molecule has 0 aliphatic heterocycles. The molecule has 1 atom stereocenters. The first-order valence-corrected chi connectivity index (χ1v) is 14.5. The number of aryl methyl sites for hydroxylation is 2. The zero-order chi connectivity index (χ0) is 26.2. The Labute approximate surface area is 218 Å². The van der Waals surface area contributed by atoms with E-state index in [2.05, 4.69) is 21.2 Å². The summed E-state index contributed by atoms with van der Waals surface area (Å²) in [6.07, 6.45) is 3.28. The van der Waals surface area contributed by atoms with Gasteiger partial charge in [-0.15, -0.1) is 0 Å². The number of halogens is 1. The van der Waals surface area contributed by atoms with Crippen molar-refractivity contribution in [2.24, 2.45) is 0 Å². The Morgan fingerprint density at radius 2 is 1.80 bits per heavy atom. The number of anilines is 1. The van der Waals surface area contributed by atoms with Crippen LogP contribution in [-0.4, -0.2) is 50.5 Å². The number of hydrogen-bond donors (Lipinski definition) is 1. The molecule has 0 aromatic heterocycles. The highest BCUT2D eigenvalue weighted by atomic mass is 79.9. The van der Waals surface area contributed by atoms with Crippen molar-refractivity contribution in [1.29, 1.82) is 0 Å². The van der Waals surface area contributed by atoms with Gasteiger partial charge in [0.2, 0.25) is 21.8 Å². The first kappa shape index (κ1) is 28.8. The van der Waals surface area contributed by atoms with Crippen molar-refractivity contribution in [2.45, 2.75) is 59.5 Å². The summed E-state index contributed by atoms with van der Waals surface area (Å²) in [7, 11) is -3.76. The molecule has 7 nitrogen and oxygen atoms in total. The highest BCUT2D eigenvalue weighted by Crippen LogP contribution is 2.25. The average Bonchev–Trinajstić information content (AvgIpc) is 2.78. The fourth-order valence-electron chi connectivity index (χ4n) is 3.83. The van der Waals surface area contributed by atoms with Crippen molar-refractivity contribution in [3.05, 3.63) is 63.6 Å². The molecule has 0 heterocycles. The van der Waals surface area contributed by atoms with Gasteiger partial charge in [-0.2, -0.15) is 0 Å². The minimum absolute atomic E-state index is 0.206. The van der Waals surface area contributed by atoms with E-state index in [9.17, 15) is 18.0 Å². The van der Waals surface area contributed by atoms with Gasteiger partial charge in [0.25, 0.3) is 0 Å². The molecule has 2 rings (SSSR count). The Balaban J connectivity index is 2.42. The third-order valence-electron chi connectivity index (χ3n) is 5.76. The van der Waals surface area contributed by atoms with Crippen molar-refractivity contribution in [3.63, 3.8) is 0 Å². The van der Waals surface area contributed by atoms with Gasteiger partial charge in [-0.3, -0.25) is 13.9 Å². The number of hydrogen-bond acceptors (Lipinski definition) is 4. The number of carbonyl (C=O) groups excluding carboxylic acids is 2. The van der Waals surface area contributed by atoms with Crippen molar-refractivity contribution in [2.75, 3.05) is 23.7 Å². The number of nitrogens with zero attached hydrogens (tertiary/aromatic N) is 2. The largest absolute Gasteiger partial charge is 0.354 e. The molecule has 0 fully saturated rings. The minimum Gasteiger partial charge on any atom is -0.354 e. The van der Waals surface area contributed by atoms with E-state index < -0.39 is 28.5 Å². The third-order valence-corrected chi connectivity index (χ3v) is 7.79. The van der Waals surface area contributed by atoms with Crippen LogP contribution in [0.2, 0.25) is 0 Å². The highest BCUT2D eigenvalue weighted by molar-refractivity contribution is 9.10. The van der Waals surface area contributed by atoms with Crippen LogP contribution in [0.4, 0.5) is 5.69 Å². The van der Waals surface area contributed by atoms with E-state index in [-0.39, 0.29) is 12.5 Å². The van der Waals surface area contributed by atoms with Gasteiger partial charge in [0.05, 0.1) is 11.9 Å². The normalized spacial score (nSPS) is 12.2. The predicted octanol–water partition coefficient (Wildman–Crippen LogP) is 4.56. The van der Waals surface area contributed by atoms with Crippen molar-refractivity contribution in [3.8, 4) is 0 Å². The summed E-state index contributed by atoms with van der Waals surface area (Å²) in [5.41, 5.74) is 3.17. The molecule has 2 aromatic carbocycles. The second-order valence-electron chi connectivity index (χ2n) is 8.78. The third kappa shape index (κ3) is 8.35. The zero-order valence-corrected chi connectivity index (χ0v) is 23.6. The van der Waals surface area contributed by atoms with Gasteiger partial charge >= 0.3 is 0 Å². The summed E-state index contributed by atoms with van der Waals surface area (Å²) in [5.74, 6) is -0.665. The second-order valence-corrected chi connectivity index (χ2v) is 11.5. The van der Waals surface area contributed by atoms with E-state index in [1.807, 2.05) is 52.0 Å². The van der Waals surface area contributed by atoms with E-state index in [4.69, 9.17) is 0 Å². The van der Waals surface area contributed by atoms with Crippen LogP contribution in [0.15, 0.2) is 46.9 Å². The Kier molecular flexibility index (Phi) is 10.8. The number of benzene rings is 2. The summed E-state index contributed by atoms with van der Waals surface area (Å²) < 4.78 is 27.3. The smallest absolute Gasteiger partial charge is 0.244 e. The topological polar surface area (TPSA) is 86.8 Å². The standard InChI is InChI=1S/C26H36BrN3O4S/c1-6-8-14-28-26(32)24(7-2)29(17-21-11-9-10-19(3)15-21)25(31)18-30(35(5,33)34)22-12-13-23(27)20(4)16-22/h9-13,15-16,24H,6-8,14,17-18H2,1-5H3,(H,28,32). The number of carbonyl (C=O) groups is 2. The number of amides is 2. The maximum absolute atomic E-state index is 13.7. The predicted molar refractivity (Wildman–Crippen MR) is 145 cm³/mol. The van der Waals surface area contributed by atoms with Crippen molar-refractivity contribution < 1.29 is 18.0 Å². The molecule has 35 heavy (non-hydrogen) atoms. The highest BCUT2D eigenvalue weighted by Gasteiger charge is 2.31. The number of rotatable bonds is 12. The maximum Gasteiger partial charge on any atom is 0.244 e. The van der Waals surface area contributed by atoms with E-state index in [0.717, 1.165) is 44.6 Å². The molecule has 1 unspecified atom stereocenters. The van der Waals surface area contributed by atoms with Crippen LogP contribution in [0, 0.1) is 13.8 Å². The minimum atomic E-state index is -3.76. The quantitative estimate of drug-likeness (QED) is 0.382. The Hall–Kier alpha value is -2.39. The molecule has 0 bridgehead atoms. The van der Waals surface area contributed by atoms with Crippen molar-refractivity contribution >= 4 is 43.5 Å². The molecular formula is C26H36BrN3O4S. The number of nitrogens with one attached hydrogen (secondary N) is 1. The van der Waals surface area contributed by atoms with Crippen LogP contribution in [0.3, 0.4) is 0 Å². The lowest BCUT2D eigenvalue weighted by Gasteiger charge is -2.33. The lowest BCUT2D eigenvalue weighted by molar-refractivity contribution is -0.140. The lowest BCUT2D eigenvalue weighted by Crippen LogP contribution is -2.52. The molecule has 0 aliphatic rings. The number of sulfonamides is 1. The summed E-state index contributed by atoms with van der Waals surface area (Å²) in [6, 6.07) is 12.2. The van der Waals surface area contributed by atoms with Crippen LogP contribution < -0.4 is 9.62 Å². The zero-order valence-electron chi connectivity index (χ0n) is 21.2. The van der Waals surface area contributed by atoms with E-state index in [1.54, 1.807) is 18.2 Å². The van der Waals surface area contributed by atoms with Gasteiger partial charge in [-0.1, -0.05) is 66.0 Å². The van der Waals surface area contributed by atoms with Crippen LogP contribution in [0.5, 0.6) is 0 Å². The Morgan fingerprint density at radius 3 is 2.37 bits per heavy atom. The molecule has 9 heteroatoms. The van der Waals surface area contributed by atoms with Gasteiger partial charge < -0.3 is 10.2 Å².